The monoisotopic (exact) mass is 328 g/mol. The van der Waals surface area contributed by atoms with Gasteiger partial charge in [0.25, 0.3) is 0 Å². The number of aryl methyl sites for hydroxylation is 2. The van der Waals surface area contributed by atoms with Crippen LogP contribution >= 0.6 is 0 Å². The number of rotatable bonds is 4. The van der Waals surface area contributed by atoms with Crippen LogP contribution in [0.4, 0.5) is 5.82 Å². The van der Waals surface area contributed by atoms with Gasteiger partial charge in [0.05, 0.1) is 23.9 Å². The first-order valence-corrected chi connectivity index (χ1v) is 8.59. The van der Waals surface area contributed by atoms with E-state index in [4.69, 9.17) is 9.26 Å². The van der Waals surface area contributed by atoms with E-state index >= 15 is 0 Å². The van der Waals surface area contributed by atoms with Crippen molar-refractivity contribution in [2.24, 2.45) is 0 Å². The van der Waals surface area contributed by atoms with Gasteiger partial charge in [0.2, 0.25) is 0 Å². The number of nitrogens with zero attached hydrogens (tertiary/aromatic N) is 3. The normalized spacial score (nSPS) is 27.2. The predicted octanol–water partition coefficient (Wildman–Crippen LogP) is 2.53. The molecule has 6 heteroatoms. The number of pyridine rings is 1. The number of hydrogen-bond donors (Lipinski definition) is 1. The zero-order chi connectivity index (χ0) is 16.6. The molecule has 2 aliphatic rings. The lowest BCUT2D eigenvalue weighted by Crippen LogP contribution is -2.33. The summed E-state index contributed by atoms with van der Waals surface area (Å²) in [6.45, 7) is 7.66. The van der Waals surface area contributed by atoms with Crippen molar-refractivity contribution in [1.82, 2.24) is 15.0 Å². The number of anilines is 1. The highest BCUT2D eigenvalue weighted by atomic mass is 16.5. The zero-order valence-corrected chi connectivity index (χ0v) is 14.3. The molecule has 2 saturated heterocycles. The molecule has 0 bridgehead atoms. The topological polar surface area (TPSA) is 63.4 Å². The maximum Gasteiger partial charge on any atom is 0.138 e. The number of nitrogens with one attached hydrogen (secondary N) is 1. The van der Waals surface area contributed by atoms with Gasteiger partial charge in [-0.15, -0.1) is 0 Å². The second-order valence-corrected chi connectivity index (χ2v) is 7.02. The molecule has 0 amide bonds. The molecular formula is C18H24N4O2. The molecule has 0 aliphatic carbocycles. The fourth-order valence-electron chi connectivity index (χ4n) is 3.89. The standard InChI is InChI=1S/C18H24N4O2/c1-13-16(14(2)24-21-13)10-22-8-6-18(12-22)9-15(11-23-18)20-17-5-3-4-7-19-17/h3-5,7,15H,6,8-12H2,1-2H3,(H,19,20)/t15-,18-/m0/s1. The van der Waals surface area contributed by atoms with Gasteiger partial charge in [-0.2, -0.15) is 0 Å². The summed E-state index contributed by atoms with van der Waals surface area (Å²) in [5.41, 5.74) is 2.19. The Kier molecular flexibility index (Phi) is 4.02. The van der Waals surface area contributed by atoms with E-state index in [1.54, 1.807) is 0 Å². The Labute approximate surface area is 142 Å². The van der Waals surface area contributed by atoms with Crippen LogP contribution < -0.4 is 5.32 Å². The summed E-state index contributed by atoms with van der Waals surface area (Å²) >= 11 is 0. The Morgan fingerprint density at radius 1 is 1.38 bits per heavy atom. The second kappa shape index (κ2) is 6.18. The third-order valence-corrected chi connectivity index (χ3v) is 5.18. The first kappa shape index (κ1) is 15.6. The molecule has 4 heterocycles. The van der Waals surface area contributed by atoms with Crippen LogP contribution in [0.2, 0.25) is 0 Å². The lowest BCUT2D eigenvalue weighted by Gasteiger charge is -2.23. The van der Waals surface area contributed by atoms with E-state index in [-0.39, 0.29) is 5.60 Å². The molecule has 1 N–H and O–H groups in total. The SMILES string of the molecule is Cc1noc(C)c1CN1CC[C@]2(C[C@H](Nc3ccccn3)CO2)C1. The molecule has 4 rings (SSSR count). The smallest absolute Gasteiger partial charge is 0.138 e. The van der Waals surface area contributed by atoms with Crippen LogP contribution in [0.3, 0.4) is 0 Å². The first-order valence-electron chi connectivity index (χ1n) is 8.59. The molecule has 2 aromatic rings. The van der Waals surface area contributed by atoms with Gasteiger partial charge in [0.1, 0.15) is 11.6 Å². The van der Waals surface area contributed by atoms with Gasteiger partial charge in [-0.05, 0) is 32.4 Å². The minimum Gasteiger partial charge on any atom is -0.371 e. The molecule has 2 atom stereocenters. The second-order valence-electron chi connectivity index (χ2n) is 7.02. The van der Waals surface area contributed by atoms with Crippen LogP contribution in [0.1, 0.15) is 29.9 Å². The Bertz CT molecular complexity index is 683. The molecule has 0 radical (unpaired) electrons. The lowest BCUT2D eigenvalue weighted by molar-refractivity contribution is 0.0119. The third kappa shape index (κ3) is 3.03. The minimum atomic E-state index is -0.0224. The van der Waals surface area contributed by atoms with E-state index in [0.29, 0.717) is 6.04 Å². The van der Waals surface area contributed by atoms with Crippen LogP contribution in [0.15, 0.2) is 28.9 Å². The quantitative estimate of drug-likeness (QED) is 0.930. The summed E-state index contributed by atoms with van der Waals surface area (Å²) in [7, 11) is 0. The van der Waals surface area contributed by atoms with Gasteiger partial charge in [-0.25, -0.2) is 4.98 Å². The molecule has 24 heavy (non-hydrogen) atoms. The van der Waals surface area contributed by atoms with Crippen LogP contribution in [-0.2, 0) is 11.3 Å². The van der Waals surface area contributed by atoms with Crippen molar-refractivity contribution in [3.8, 4) is 0 Å². The highest BCUT2D eigenvalue weighted by molar-refractivity contribution is 5.35. The van der Waals surface area contributed by atoms with Crippen LogP contribution in [0.25, 0.3) is 0 Å². The first-order chi connectivity index (χ1) is 11.6. The molecule has 1 spiro atoms. The minimum absolute atomic E-state index is 0.0224. The largest absolute Gasteiger partial charge is 0.371 e. The molecule has 2 fully saturated rings. The van der Waals surface area contributed by atoms with Gasteiger partial charge in [0, 0.05) is 37.8 Å². The van der Waals surface area contributed by atoms with Gasteiger partial charge < -0.3 is 14.6 Å². The van der Waals surface area contributed by atoms with Crippen LogP contribution in [0, 0.1) is 13.8 Å². The van der Waals surface area contributed by atoms with Gasteiger partial charge in [0.15, 0.2) is 0 Å². The number of ether oxygens (including phenoxy) is 1. The van der Waals surface area contributed by atoms with Crippen molar-refractivity contribution in [2.45, 2.75) is 44.9 Å². The Balaban J connectivity index is 1.36. The summed E-state index contributed by atoms with van der Waals surface area (Å²) < 4.78 is 11.5. The van der Waals surface area contributed by atoms with E-state index < -0.39 is 0 Å². The molecular weight excluding hydrogens is 304 g/mol. The number of likely N-dealkylation sites (tertiary alicyclic amines) is 1. The van der Waals surface area contributed by atoms with E-state index in [2.05, 4.69) is 20.4 Å². The fourth-order valence-corrected chi connectivity index (χ4v) is 3.89. The summed E-state index contributed by atoms with van der Waals surface area (Å²) in [6, 6.07) is 6.27. The van der Waals surface area contributed by atoms with Crippen molar-refractivity contribution in [3.63, 3.8) is 0 Å². The molecule has 0 saturated carbocycles. The maximum absolute atomic E-state index is 6.23. The molecule has 0 unspecified atom stereocenters. The van der Waals surface area contributed by atoms with Crippen molar-refractivity contribution >= 4 is 5.82 Å². The van der Waals surface area contributed by atoms with Crippen LogP contribution in [-0.4, -0.2) is 46.4 Å². The Morgan fingerprint density at radius 2 is 2.29 bits per heavy atom. The summed E-state index contributed by atoms with van der Waals surface area (Å²) in [6.07, 6.45) is 3.92. The maximum atomic E-state index is 6.23. The van der Waals surface area contributed by atoms with Crippen molar-refractivity contribution in [3.05, 3.63) is 41.4 Å². The molecule has 2 aliphatic heterocycles. The van der Waals surface area contributed by atoms with E-state index in [9.17, 15) is 0 Å². The fraction of sp³-hybridized carbons (Fsp3) is 0.556. The average molecular weight is 328 g/mol. The Hall–Kier alpha value is -1.92. The number of hydrogen-bond acceptors (Lipinski definition) is 6. The highest BCUT2D eigenvalue weighted by Crippen LogP contribution is 2.36. The lowest BCUT2D eigenvalue weighted by atomic mass is 9.97. The van der Waals surface area contributed by atoms with Crippen molar-refractivity contribution in [2.75, 3.05) is 25.0 Å². The average Bonchev–Trinajstić information content (AvgIpc) is 3.26. The summed E-state index contributed by atoms with van der Waals surface area (Å²) in [5.74, 6) is 1.85. The number of aromatic nitrogens is 2. The molecule has 6 nitrogen and oxygen atoms in total. The molecule has 2 aromatic heterocycles. The Morgan fingerprint density at radius 3 is 3.04 bits per heavy atom. The zero-order valence-electron chi connectivity index (χ0n) is 14.3. The summed E-state index contributed by atoms with van der Waals surface area (Å²) in [4.78, 5) is 6.80. The van der Waals surface area contributed by atoms with E-state index in [1.165, 1.54) is 5.56 Å². The van der Waals surface area contributed by atoms with Crippen molar-refractivity contribution in [1.29, 1.82) is 0 Å². The van der Waals surface area contributed by atoms with E-state index in [1.807, 2.05) is 38.2 Å². The van der Waals surface area contributed by atoms with E-state index in [0.717, 1.165) is 56.4 Å². The van der Waals surface area contributed by atoms with Gasteiger partial charge in [-0.3, -0.25) is 4.90 Å². The highest BCUT2D eigenvalue weighted by Gasteiger charge is 2.45. The van der Waals surface area contributed by atoms with Crippen LogP contribution in [0.5, 0.6) is 0 Å². The predicted molar refractivity (Wildman–Crippen MR) is 90.8 cm³/mol. The molecule has 128 valence electrons. The van der Waals surface area contributed by atoms with Crippen molar-refractivity contribution < 1.29 is 9.26 Å². The van der Waals surface area contributed by atoms with Gasteiger partial charge >= 0.3 is 0 Å². The third-order valence-electron chi connectivity index (χ3n) is 5.18. The van der Waals surface area contributed by atoms with Gasteiger partial charge in [-0.1, -0.05) is 11.2 Å². The summed E-state index contributed by atoms with van der Waals surface area (Å²) in [5, 5.41) is 7.55. The molecule has 0 aromatic carbocycles.